The molecule has 1 spiro atoms. The van der Waals surface area contributed by atoms with E-state index in [2.05, 4.69) is 55.8 Å². The van der Waals surface area contributed by atoms with Gasteiger partial charge < -0.3 is 24.8 Å². The topological polar surface area (TPSA) is 103 Å². The van der Waals surface area contributed by atoms with Crippen molar-refractivity contribution in [2.24, 2.45) is 0 Å². The van der Waals surface area contributed by atoms with Crippen molar-refractivity contribution in [1.82, 2.24) is 10.6 Å². The Labute approximate surface area is 272 Å². The van der Waals surface area contributed by atoms with Crippen molar-refractivity contribution in [3.8, 4) is 11.5 Å². The molecule has 0 fully saturated rings. The standard InChI is InChI=1S/C32H32I2N2O6/c1-31(2,3)42-30(39)36-15-7-5-4-6-14-35-28(37)19-8-11-22-25(16-19)32(41-29(22)38)23-12-9-20(33)17-26(23)40-27-18-21(34)10-13-24(27)32/h8-13,16-18H,4-7,14-15H2,1-3H3,(H,35,37)(H,36,39). The van der Waals surface area contributed by atoms with Crippen molar-refractivity contribution in [1.29, 1.82) is 0 Å². The predicted octanol–water partition coefficient (Wildman–Crippen LogP) is 7.28. The quantitative estimate of drug-likeness (QED) is 0.141. The van der Waals surface area contributed by atoms with Gasteiger partial charge in [-0.1, -0.05) is 12.8 Å². The van der Waals surface area contributed by atoms with Crippen molar-refractivity contribution in [2.75, 3.05) is 13.1 Å². The Morgan fingerprint density at radius 2 is 1.40 bits per heavy atom. The van der Waals surface area contributed by atoms with Gasteiger partial charge in [0, 0.05) is 42.5 Å². The molecule has 0 saturated carbocycles. The van der Waals surface area contributed by atoms with E-state index in [9.17, 15) is 14.4 Å². The zero-order valence-corrected chi connectivity index (χ0v) is 28.0. The number of unbranched alkanes of at least 4 members (excludes halogenated alkanes) is 3. The molecule has 10 heteroatoms. The van der Waals surface area contributed by atoms with Crippen molar-refractivity contribution in [2.45, 2.75) is 57.7 Å². The monoisotopic (exact) mass is 794 g/mol. The number of esters is 1. The lowest BCUT2D eigenvalue weighted by Crippen LogP contribution is -2.33. The third-order valence-electron chi connectivity index (χ3n) is 7.05. The lowest BCUT2D eigenvalue weighted by Gasteiger charge is -2.36. The van der Waals surface area contributed by atoms with E-state index in [1.165, 1.54) is 0 Å². The minimum absolute atomic E-state index is 0.211. The fourth-order valence-electron chi connectivity index (χ4n) is 5.22. The Morgan fingerprint density at radius 3 is 2.00 bits per heavy atom. The largest absolute Gasteiger partial charge is 0.456 e. The summed E-state index contributed by atoms with van der Waals surface area (Å²) in [7, 11) is 0. The summed E-state index contributed by atoms with van der Waals surface area (Å²) in [5.41, 5.74) is 1.24. The number of carbonyl (C=O) groups is 3. The van der Waals surface area contributed by atoms with Crippen molar-refractivity contribution >= 4 is 63.2 Å². The molecular weight excluding hydrogens is 762 g/mol. The Balaban J connectivity index is 1.27. The molecule has 0 atom stereocenters. The highest BCUT2D eigenvalue weighted by Crippen LogP contribution is 2.56. The summed E-state index contributed by atoms with van der Waals surface area (Å²) in [6.45, 7) is 6.57. The second-order valence-electron chi connectivity index (χ2n) is 11.3. The summed E-state index contributed by atoms with van der Waals surface area (Å²) in [4.78, 5) is 38.1. The van der Waals surface area contributed by atoms with Crippen LogP contribution >= 0.6 is 45.2 Å². The molecule has 0 aromatic heterocycles. The first-order valence-electron chi connectivity index (χ1n) is 13.9. The van der Waals surface area contributed by atoms with E-state index in [4.69, 9.17) is 14.2 Å². The van der Waals surface area contributed by atoms with Gasteiger partial charge in [0.05, 0.1) is 5.56 Å². The molecule has 2 heterocycles. The van der Waals surface area contributed by atoms with E-state index in [1.807, 2.05) is 57.2 Å². The minimum Gasteiger partial charge on any atom is -0.456 e. The molecule has 2 amide bonds. The predicted molar refractivity (Wildman–Crippen MR) is 175 cm³/mol. The molecule has 3 aromatic rings. The van der Waals surface area contributed by atoms with Crippen molar-refractivity contribution < 1.29 is 28.6 Å². The molecule has 0 bridgehead atoms. The van der Waals surface area contributed by atoms with Gasteiger partial charge in [-0.3, -0.25) is 4.79 Å². The van der Waals surface area contributed by atoms with Crippen molar-refractivity contribution in [3.05, 3.63) is 89.6 Å². The maximum atomic E-state index is 13.2. The smallest absolute Gasteiger partial charge is 0.407 e. The summed E-state index contributed by atoms with van der Waals surface area (Å²) < 4.78 is 19.7. The number of fused-ring (bicyclic) bond motifs is 6. The number of carbonyl (C=O) groups excluding carboxylic acids is 3. The third-order valence-corrected chi connectivity index (χ3v) is 8.39. The van der Waals surface area contributed by atoms with Crippen LogP contribution in [0.15, 0.2) is 54.6 Å². The summed E-state index contributed by atoms with van der Waals surface area (Å²) in [5, 5.41) is 5.76. The van der Waals surface area contributed by atoms with Gasteiger partial charge in [-0.25, -0.2) is 9.59 Å². The molecule has 220 valence electrons. The maximum absolute atomic E-state index is 13.2. The molecule has 0 saturated heterocycles. The van der Waals surface area contributed by atoms with Gasteiger partial charge in [-0.2, -0.15) is 0 Å². The van der Waals surface area contributed by atoms with Gasteiger partial charge in [-0.15, -0.1) is 0 Å². The highest BCUT2D eigenvalue weighted by atomic mass is 127. The normalized spacial score (nSPS) is 14.3. The van der Waals surface area contributed by atoms with Gasteiger partial charge in [-0.05, 0) is 133 Å². The van der Waals surface area contributed by atoms with E-state index in [-0.39, 0.29) is 5.91 Å². The first-order valence-corrected chi connectivity index (χ1v) is 16.0. The fraction of sp³-hybridized carbons (Fsp3) is 0.344. The van der Waals surface area contributed by atoms with Crippen molar-refractivity contribution in [3.63, 3.8) is 0 Å². The lowest BCUT2D eigenvalue weighted by molar-refractivity contribution is 0.0224. The second kappa shape index (κ2) is 12.4. The summed E-state index contributed by atoms with van der Waals surface area (Å²) in [5.74, 6) is 0.590. The molecule has 2 aliphatic heterocycles. The maximum Gasteiger partial charge on any atom is 0.407 e. The van der Waals surface area contributed by atoms with Gasteiger partial charge in [0.2, 0.25) is 0 Å². The summed E-state index contributed by atoms with van der Waals surface area (Å²) in [6, 6.07) is 16.7. The highest BCUT2D eigenvalue weighted by molar-refractivity contribution is 14.1. The Kier molecular flexibility index (Phi) is 9.02. The van der Waals surface area contributed by atoms with Crippen LogP contribution in [0, 0.1) is 7.14 Å². The first-order chi connectivity index (χ1) is 20.0. The van der Waals surface area contributed by atoms with Crippen LogP contribution in [0.5, 0.6) is 11.5 Å². The van der Waals surface area contributed by atoms with Crippen LogP contribution < -0.4 is 15.4 Å². The number of amides is 2. The number of halogens is 2. The van der Waals surface area contributed by atoms with Gasteiger partial charge in [0.1, 0.15) is 17.1 Å². The van der Waals surface area contributed by atoms with E-state index in [1.54, 1.807) is 18.2 Å². The van der Waals surface area contributed by atoms with Gasteiger partial charge in [0.15, 0.2) is 5.60 Å². The lowest BCUT2D eigenvalue weighted by atomic mass is 9.77. The molecule has 42 heavy (non-hydrogen) atoms. The van der Waals surface area contributed by atoms with Crippen LogP contribution in [0.4, 0.5) is 4.79 Å². The average molecular weight is 794 g/mol. The minimum atomic E-state index is -1.21. The zero-order valence-electron chi connectivity index (χ0n) is 23.6. The molecule has 0 radical (unpaired) electrons. The number of hydrogen-bond acceptors (Lipinski definition) is 6. The summed E-state index contributed by atoms with van der Waals surface area (Å²) >= 11 is 4.46. The van der Waals surface area contributed by atoms with Crippen LogP contribution in [-0.2, 0) is 15.1 Å². The van der Waals surface area contributed by atoms with Crippen LogP contribution in [-0.4, -0.2) is 36.7 Å². The zero-order chi connectivity index (χ0) is 30.1. The SMILES string of the molecule is CC(C)(C)OC(=O)NCCCCCCNC(=O)c1ccc2c(c1)C1(OC2=O)c2ccc(I)cc2Oc2cc(I)ccc21. The number of hydrogen-bond donors (Lipinski definition) is 2. The number of rotatable bonds is 8. The highest BCUT2D eigenvalue weighted by Gasteiger charge is 2.53. The van der Waals surface area contributed by atoms with E-state index in [0.29, 0.717) is 41.3 Å². The number of nitrogens with one attached hydrogen (secondary N) is 2. The van der Waals surface area contributed by atoms with Crippen LogP contribution in [0.3, 0.4) is 0 Å². The number of benzene rings is 3. The van der Waals surface area contributed by atoms with Gasteiger partial charge in [0.25, 0.3) is 5.91 Å². The molecule has 0 unspecified atom stereocenters. The average Bonchev–Trinajstić information content (AvgIpc) is 3.20. The molecule has 5 rings (SSSR count). The van der Waals surface area contributed by atoms with Crippen LogP contribution in [0.2, 0.25) is 0 Å². The molecule has 2 N–H and O–H groups in total. The second-order valence-corrected chi connectivity index (χ2v) is 13.8. The molecule has 3 aromatic carbocycles. The first kappa shape index (κ1) is 30.6. The Morgan fingerprint density at radius 1 is 0.810 bits per heavy atom. The van der Waals surface area contributed by atoms with Crippen LogP contribution in [0.25, 0.3) is 0 Å². The van der Waals surface area contributed by atoms with Gasteiger partial charge >= 0.3 is 12.1 Å². The molecule has 2 aliphatic rings. The Bertz CT molecular complexity index is 1500. The Hall–Kier alpha value is -2.87. The summed E-state index contributed by atoms with van der Waals surface area (Å²) in [6.07, 6.45) is 3.07. The van der Waals surface area contributed by atoms with E-state index in [0.717, 1.165) is 44.0 Å². The number of ether oxygens (including phenoxy) is 3. The molecule has 8 nitrogen and oxygen atoms in total. The molecule has 0 aliphatic carbocycles. The molecular formula is C32H32I2N2O6. The number of alkyl carbamates (subject to hydrolysis) is 1. The van der Waals surface area contributed by atoms with Crippen LogP contribution in [0.1, 0.15) is 83.9 Å². The van der Waals surface area contributed by atoms with E-state index < -0.39 is 23.3 Å². The third kappa shape index (κ3) is 6.38. The fourth-order valence-corrected chi connectivity index (χ4v) is 6.15. The van der Waals surface area contributed by atoms with E-state index >= 15 is 0 Å².